The monoisotopic (exact) mass is 279 g/mol. The van der Waals surface area contributed by atoms with Crippen molar-refractivity contribution >= 4 is 17.5 Å². The quantitative estimate of drug-likeness (QED) is 0.833. The van der Waals surface area contributed by atoms with E-state index in [1.54, 1.807) is 0 Å². The number of aryl methyl sites for hydroxylation is 1. The van der Waals surface area contributed by atoms with Crippen LogP contribution in [0.1, 0.15) is 53.6 Å². The largest absolute Gasteiger partial charge is 0.345 e. The van der Waals surface area contributed by atoms with E-state index in [2.05, 4.69) is 5.32 Å². The van der Waals surface area contributed by atoms with Crippen molar-refractivity contribution in [3.8, 4) is 0 Å². The first-order chi connectivity index (χ1) is 9.08. The van der Waals surface area contributed by atoms with Crippen molar-refractivity contribution in [2.24, 2.45) is 0 Å². The Labute approximate surface area is 120 Å². The molecule has 0 bridgehead atoms. The van der Waals surface area contributed by atoms with Crippen LogP contribution in [0.5, 0.6) is 0 Å². The van der Waals surface area contributed by atoms with Crippen LogP contribution in [0, 0.1) is 13.8 Å². The number of amides is 1. The van der Waals surface area contributed by atoms with E-state index in [-0.39, 0.29) is 11.4 Å². The normalized spacial score (nSPS) is 18.1. The summed E-state index contributed by atoms with van der Waals surface area (Å²) in [7, 11) is 0. The molecule has 0 atom stereocenters. The zero-order valence-corrected chi connectivity index (χ0v) is 12.5. The maximum absolute atomic E-state index is 12.5. The minimum absolute atomic E-state index is 0.0174. The summed E-state index contributed by atoms with van der Waals surface area (Å²) in [6.07, 6.45) is 5.54. The highest BCUT2D eigenvalue weighted by Gasteiger charge is 2.33. The van der Waals surface area contributed by atoms with Crippen LogP contribution in [0.4, 0.5) is 0 Å². The first-order valence-corrected chi connectivity index (χ1v) is 7.56. The van der Waals surface area contributed by atoms with E-state index in [1.165, 1.54) is 6.42 Å². The molecule has 0 heterocycles. The number of hydrogen-bond acceptors (Lipinski definition) is 1. The van der Waals surface area contributed by atoms with E-state index >= 15 is 0 Å². The predicted molar refractivity (Wildman–Crippen MR) is 79.9 cm³/mol. The van der Waals surface area contributed by atoms with Crippen LogP contribution < -0.4 is 5.32 Å². The first-order valence-electron chi connectivity index (χ1n) is 7.03. The molecule has 1 amide bonds. The molecule has 1 saturated carbocycles. The molecule has 19 heavy (non-hydrogen) atoms. The minimum Gasteiger partial charge on any atom is -0.345 e. The maximum Gasteiger partial charge on any atom is 0.252 e. The number of halogens is 1. The molecule has 104 valence electrons. The van der Waals surface area contributed by atoms with Crippen molar-refractivity contribution in [2.45, 2.75) is 51.5 Å². The summed E-state index contributed by atoms with van der Waals surface area (Å²) in [6.45, 7) is 4.03. The van der Waals surface area contributed by atoms with Gasteiger partial charge in [-0.3, -0.25) is 4.79 Å². The van der Waals surface area contributed by atoms with Gasteiger partial charge in [-0.05, 0) is 43.9 Å². The van der Waals surface area contributed by atoms with Crippen LogP contribution in [0.3, 0.4) is 0 Å². The van der Waals surface area contributed by atoms with Crippen LogP contribution in [0.15, 0.2) is 18.2 Å². The summed E-state index contributed by atoms with van der Waals surface area (Å²) < 4.78 is 0. The van der Waals surface area contributed by atoms with Crippen LogP contribution >= 0.6 is 11.6 Å². The van der Waals surface area contributed by atoms with E-state index in [0.717, 1.165) is 42.4 Å². The fourth-order valence-corrected chi connectivity index (χ4v) is 3.16. The van der Waals surface area contributed by atoms with Gasteiger partial charge >= 0.3 is 0 Å². The zero-order valence-electron chi connectivity index (χ0n) is 11.8. The summed E-state index contributed by atoms with van der Waals surface area (Å²) >= 11 is 6.12. The lowest BCUT2D eigenvalue weighted by Gasteiger charge is -2.36. The molecule has 1 aliphatic rings. The Hall–Kier alpha value is -1.02. The first kappa shape index (κ1) is 14.4. The van der Waals surface area contributed by atoms with Gasteiger partial charge in [0.15, 0.2) is 0 Å². The third kappa shape index (κ3) is 3.11. The molecular weight excluding hydrogens is 258 g/mol. The SMILES string of the molecule is Cc1cccc(C(=O)NC2(CCl)CCCCC2)c1C. The van der Waals surface area contributed by atoms with E-state index < -0.39 is 0 Å². The van der Waals surface area contributed by atoms with Gasteiger partial charge in [0.25, 0.3) is 5.91 Å². The molecule has 1 aromatic rings. The van der Waals surface area contributed by atoms with Crippen molar-refractivity contribution in [1.82, 2.24) is 5.32 Å². The van der Waals surface area contributed by atoms with Crippen molar-refractivity contribution in [1.29, 1.82) is 0 Å². The van der Waals surface area contributed by atoms with Gasteiger partial charge in [0.2, 0.25) is 0 Å². The molecule has 2 rings (SSSR count). The van der Waals surface area contributed by atoms with E-state index in [1.807, 2.05) is 32.0 Å². The second-order valence-electron chi connectivity index (χ2n) is 5.68. The van der Waals surface area contributed by atoms with Crippen molar-refractivity contribution in [3.63, 3.8) is 0 Å². The molecule has 0 unspecified atom stereocenters. The summed E-state index contributed by atoms with van der Waals surface area (Å²) in [5.74, 6) is 0.521. The topological polar surface area (TPSA) is 29.1 Å². The number of carbonyl (C=O) groups is 1. The standard InChI is InChI=1S/C16H22ClNO/c1-12-7-6-8-14(13(12)2)15(19)18-16(11-17)9-4-3-5-10-16/h6-8H,3-5,9-11H2,1-2H3,(H,18,19). The number of nitrogens with one attached hydrogen (secondary N) is 1. The fraction of sp³-hybridized carbons (Fsp3) is 0.562. The highest BCUT2D eigenvalue weighted by Crippen LogP contribution is 2.30. The van der Waals surface area contributed by atoms with E-state index in [4.69, 9.17) is 11.6 Å². The summed E-state index contributed by atoms with van der Waals surface area (Å²) in [4.78, 5) is 12.5. The molecule has 1 aromatic carbocycles. The van der Waals surface area contributed by atoms with Gasteiger partial charge in [-0.25, -0.2) is 0 Å². The van der Waals surface area contributed by atoms with Gasteiger partial charge in [-0.15, -0.1) is 11.6 Å². The Morgan fingerprint density at radius 3 is 2.58 bits per heavy atom. The molecule has 1 fully saturated rings. The van der Waals surface area contributed by atoms with E-state index in [0.29, 0.717) is 5.88 Å². The molecule has 0 spiro atoms. The number of benzene rings is 1. The molecule has 2 nitrogen and oxygen atoms in total. The number of alkyl halides is 1. The summed E-state index contributed by atoms with van der Waals surface area (Å²) in [6, 6.07) is 5.86. The lowest BCUT2D eigenvalue weighted by Crippen LogP contribution is -2.51. The van der Waals surface area contributed by atoms with Crippen LogP contribution in [-0.2, 0) is 0 Å². The van der Waals surface area contributed by atoms with Crippen molar-refractivity contribution < 1.29 is 4.79 Å². The van der Waals surface area contributed by atoms with Gasteiger partial charge < -0.3 is 5.32 Å². The molecule has 0 saturated heterocycles. The van der Waals surface area contributed by atoms with Gasteiger partial charge in [0.1, 0.15) is 0 Å². The minimum atomic E-state index is -0.201. The maximum atomic E-state index is 12.5. The molecule has 0 radical (unpaired) electrons. The predicted octanol–water partition coefficient (Wildman–Crippen LogP) is 3.97. The van der Waals surface area contributed by atoms with Crippen LogP contribution in [0.25, 0.3) is 0 Å². The van der Waals surface area contributed by atoms with Gasteiger partial charge in [-0.1, -0.05) is 31.4 Å². The molecule has 0 aliphatic heterocycles. The third-order valence-electron chi connectivity index (χ3n) is 4.29. The molecular formula is C16H22ClNO. The van der Waals surface area contributed by atoms with Crippen LogP contribution in [0.2, 0.25) is 0 Å². The summed E-state index contributed by atoms with van der Waals surface area (Å²) in [5.41, 5.74) is 2.78. The molecule has 1 aliphatic carbocycles. The van der Waals surface area contributed by atoms with Gasteiger partial charge in [-0.2, -0.15) is 0 Å². The Bertz CT molecular complexity index is 464. The van der Waals surface area contributed by atoms with Crippen LogP contribution in [-0.4, -0.2) is 17.3 Å². The second-order valence-corrected chi connectivity index (χ2v) is 5.94. The van der Waals surface area contributed by atoms with Crippen molar-refractivity contribution in [2.75, 3.05) is 5.88 Å². The Morgan fingerprint density at radius 1 is 1.26 bits per heavy atom. The number of rotatable bonds is 3. The lowest BCUT2D eigenvalue weighted by molar-refractivity contribution is 0.0884. The fourth-order valence-electron chi connectivity index (χ4n) is 2.83. The average molecular weight is 280 g/mol. The lowest BCUT2D eigenvalue weighted by atomic mass is 9.83. The highest BCUT2D eigenvalue weighted by molar-refractivity contribution is 6.19. The van der Waals surface area contributed by atoms with E-state index in [9.17, 15) is 4.79 Å². The summed E-state index contributed by atoms with van der Waals surface area (Å²) in [5, 5.41) is 3.20. The molecule has 3 heteroatoms. The Morgan fingerprint density at radius 2 is 1.95 bits per heavy atom. The smallest absolute Gasteiger partial charge is 0.252 e. The zero-order chi connectivity index (χ0) is 13.9. The average Bonchev–Trinajstić information content (AvgIpc) is 2.42. The number of hydrogen-bond donors (Lipinski definition) is 1. The number of carbonyl (C=O) groups excluding carboxylic acids is 1. The Kier molecular flexibility index (Phi) is 4.51. The van der Waals surface area contributed by atoms with Gasteiger partial charge in [0, 0.05) is 11.4 Å². The van der Waals surface area contributed by atoms with Gasteiger partial charge in [0.05, 0.1) is 5.54 Å². The second kappa shape index (κ2) is 5.96. The third-order valence-corrected chi connectivity index (χ3v) is 4.81. The molecule has 1 N–H and O–H groups in total. The van der Waals surface area contributed by atoms with Crippen molar-refractivity contribution in [3.05, 3.63) is 34.9 Å². The highest BCUT2D eigenvalue weighted by atomic mass is 35.5. The molecule has 0 aromatic heterocycles. The Balaban J connectivity index is 2.17.